The van der Waals surface area contributed by atoms with Crippen LogP contribution in [0.15, 0.2) is 29.2 Å². The number of sulfonamides is 1. The van der Waals surface area contributed by atoms with E-state index in [-0.39, 0.29) is 10.8 Å². The number of morpholine rings is 1. The molecular weight excluding hydrogens is 296 g/mol. The van der Waals surface area contributed by atoms with E-state index in [1.807, 2.05) is 0 Å². The van der Waals surface area contributed by atoms with Gasteiger partial charge in [-0.1, -0.05) is 4.47 Å². The maximum Gasteiger partial charge on any atom is 0.264 e. The standard InChI is InChI=1S/C13H18N2O5S/c1-14(19-2)21(17,18)12-5-3-11(4-6-12)13(16)15-7-9-20-10-8-15/h3-6H,7-10H2,1-2H3. The number of carbonyl (C=O) groups excluding carboxylic acids is 1. The Morgan fingerprint density at radius 2 is 1.81 bits per heavy atom. The quantitative estimate of drug-likeness (QED) is 0.749. The molecule has 0 aromatic heterocycles. The van der Waals surface area contributed by atoms with Crippen LogP contribution in [0.1, 0.15) is 10.4 Å². The van der Waals surface area contributed by atoms with Gasteiger partial charge in [0.25, 0.3) is 15.9 Å². The van der Waals surface area contributed by atoms with Gasteiger partial charge < -0.3 is 9.64 Å². The molecular formula is C13H18N2O5S. The highest BCUT2D eigenvalue weighted by Gasteiger charge is 2.22. The van der Waals surface area contributed by atoms with Crippen LogP contribution in [0.5, 0.6) is 0 Å². The van der Waals surface area contributed by atoms with E-state index in [2.05, 4.69) is 0 Å². The average Bonchev–Trinajstić information content (AvgIpc) is 2.54. The summed E-state index contributed by atoms with van der Waals surface area (Å²) in [5, 5.41) is 0. The number of amides is 1. The number of hydrogen-bond acceptors (Lipinski definition) is 5. The van der Waals surface area contributed by atoms with Crippen LogP contribution >= 0.6 is 0 Å². The zero-order chi connectivity index (χ0) is 15.5. The van der Waals surface area contributed by atoms with Gasteiger partial charge in [-0.15, -0.1) is 0 Å². The maximum atomic E-state index is 12.2. The molecule has 0 saturated carbocycles. The molecule has 1 aromatic carbocycles. The first-order chi connectivity index (χ1) is 9.96. The number of benzene rings is 1. The van der Waals surface area contributed by atoms with Crippen LogP contribution in [0, 0.1) is 0 Å². The lowest BCUT2D eigenvalue weighted by Gasteiger charge is -2.26. The van der Waals surface area contributed by atoms with E-state index in [1.165, 1.54) is 38.4 Å². The normalized spacial score (nSPS) is 16.2. The van der Waals surface area contributed by atoms with Crippen molar-refractivity contribution in [3.8, 4) is 0 Å². The molecule has 7 nitrogen and oxygen atoms in total. The molecule has 1 heterocycles. The Morgan fingerprint density at radius 1 is 1.24 bits per heavy atom. The monoisotopic (exact) mass is 314 g/mol. The Bertz CT molecular complexity index is 593. The number of rotatable bonds is 4. The predicted molar refractivity (Wildman–Crippen MR) is 75.1 cm³/mol. The van der Waals surface area contributed by atoms with Crippen molar-refractivity contribution in [2.45, 2.75) is 4.90 Å². The average molecular weight is 314 g/mol. The molecule has 0 spiro atoms. The summed E-state index contributed by atoms with van der Waals surface area (Å²) in [4.78, 5) is 18.7. The van der Waals surface area contributed by atoms with Crippen molar-refractivity contribution in [3.63, 3.8) is 0 Å². The Kier molecular flexibility index (Phi) is 4.94. The van der Waals surface area contributed by atoms with E-state index in [0.29, 0.717) is 31.9 Å². The van der Waals surface area contributed by atoms with E-state index in [9.17, 15) is 13.2 Å². The van der Waals surface area contributed by atoms with Crippen LogP contribution in [-0.2, 0) is 19.6 Å². The van der Waals surface area contributed by atoms with Crippen molar-refractivity contribution in [3.05, 3.63) is 29.8 Å². The van der Waals surface area contributed by atoms with Crippen molar-refractivity contribution < 1.29 is 22.8 Å². The minimum absolute atomic E-state index is 0.0744. The molecule has 2 rings (SSSR count). The van der Waals surface area contributed by atoms with Gasteiger partial charge >= 0.3 is 0 Å². The molecule has 8 heteroatoms. The summed E-state index contributed by atoms with van der Waals surface area (Å²) in [6.07, 6.45) is 0. The summed E-state index contributed by atoms with van der Waals surface area (Å²) in [5.74, 6) is -0.123. The van der Waals surface area contributed by atoms with Crippen LogP contribution in [0.3, 0.4) is 0 Å². The van der Waals surface area contributed by atoms with E-state index >= 15 is 0 Å². The lowest BCUT2D eigenvalue weighted by atomic mass is 10.2. The third-order valence-electron chi connectivity index (χ3n) is 3.29. The van der Waals surface area contributed by atoms with E-state index in [0.717, 1.165) is 4.47 Å². The third kappa shape index (κ3) is 3.41. The van der Waals surface area contributed by atoms with Crippen molar-refractivity contribution in [2.24, 2.45) is 0 Å². The molecule has 1 fully saturated rings. The van der Waals surface area contributed by atoms with Gasteiger partial charge in [0.05, 0.1) is 25.2 Å². The van der Waals surface area contributed by atoms with Crippen LogP contribution < -0.4 is 0 Å². The fraction of sp³-hybridized carbons (Fsp3) is 0.462. The Balaban J connectivity index is 2.17. The molecule has 1 aliphatic heterocycles. The molecule has 0 unspecified atom stereocenters. The molecule has 1 amide bonds. The smallest absolute Gasteiger partial charge is 0.264 e. The summed E-state index contributed by atoms with van der Waals surface area (Å²) >= 11 is 0. The van der Waals surface area contributed by atoms with E-state index in [4.69, 9.17) is 9.57 Å². The first-order valence-electron chi connectivity index (χ1n) is 6.47. The van der Waals surface area contributed by atoms with Crippen molar-refractivity contribution >= 4 is 15.9 Å². The van der Waals surface area contributed by atoms with Crippen LogP contribution in [0.4, 0.5) is 0 Å². The Labute approximate surface area is 124 Å². The fourth-order valence-electron chi connectivity index (χ4n) is 1.97. The van der Waals surface area contributed by atoms with Gasteiger partial charge in [0.15, 0.2) is 0 Å². The summed E-state index contributed by atoms with van der Waals surface area (Å²) in [7, 11) is -1.11. The zero-order valence-corrected chi connectivity index (χ0v) is 12.8. The molecule has 0 N–H and O–H groups in total. The van der Waals surface area contributed by atoms with Gasteiger partial charge in [0.1, 0.15) is 0 Å². The fourth-order valence-corrected chi connectivity index (χ4v) is 2.94. The van der Waals surface area contributed by atoms with Gasteiger partial charge in [-0.05, 0) is 24.3 Å². The minimum Gasteiger partial charge on any atom is -0.378 e. The highest BCUT2D eigenvalue weighted by Crippen LogP contribution is 2.16. The first kappa shape index (κ1) is 15.9. The van der Waals surface area contributed by atoms with Gasteiger partial charge in [0, 0.05) is 25.7 Å². The minimum atomic E-state index is -3.69. The Hall–Kier alpha value is -1.48. The molecule has 21 heavy (non-hydrogen) atoms. The van der Waals surface area contributed by atoms with Gasteiger partial charge in [0.2, 0.25) is 0 Å². The third-order valence-corrected chi connectivity index (χ3v) is 4.99. The lowest BCUT2D eigenvalue weighted by Crippen LogP contribution is -2.40. The largest absolute Gasteiger partial charge is 0.378 e. The van der Waals surface area contributed by atoms with Gasteiger partial charge in [-0.2, -0.15) is 0 Å². The SMILES string of the molecule is CON(C)S(=O)(=O)c1ccc(C(=O)N2CCOCC2)cc1. The highest BCUT2D eigenvalue weighted by molar-refractivity contribution is 7.89. The predicted octanol–water partition coefficient (Wildman–Crippen LogP) is 0.341. The van der Waals surface area contributed by atoms with Crippen LogP contribution in [-0.4, -0.2) is 64.2 Å². The summed E-state index contributed by atoms with van der Waals surface area (Å²) in [6, 6.07) is 5.82. The lowest BCUT2D eigenvalue weighted by molar-refractivity contribution is -0.0258. The van der Waals surface area contributed by atoms with E-state index < -0.39 is 10.0 Å². The number of hydrogen-bond donors (Lipinski definition) is 0. The van der Waals surface area contributed by atoms with Crippen LogP contribution in [0.2, 0.25) is 0 Å². The molecule has 116 valence electrons. The molecule has 1 aliphatic rings. The molecule has 1 aromatic rings. The maximum absolute atomic E-state index is 12.2. The number of nitrogens with zero attached hydrogens (tertiary/aromatic N) is 2. The second-order valence-corrected chi connectivity index (χ2v) is 6.46. The highest BCUT2D eigenvalue weighted by atomic mass is 32.2. The number of ether oxygens (including phenoxy) is 1. The van der Waals surface area contributed by atoms with Crippen LogP contribution in [0.25, 0.3) is 0 Å². The molecule has 0 bridgehead atoms. The van der Waals surface area contributed by atoms with Crippen molar-refractivity contribution in [2.75, 3.05) is 40.5 Å². The Morgan fingerprint density at radius 3 is 2.33 bits per heavy atom. The number of carbonyl (C=O) groups is 1. The number of hydroxylamine groups is 1. The van der Waals surface area contributed by atoms with E-state index in [1.54, 1.807) is 4.90 Å². The summed E-state index contributed by atoms with van der Waals surface area (Å²) in [6.45, 7) is 2.14. The summed E-state index contributed by atoms with van der Waals surface area (Å²) < 4.78 is 30.0. The molecule has 0 radical (unpaired) electrons. The van der Waals surface area contributed by atoms with Gasteiger partial charge in [-0.25, -0.2) is 8.42 Å². The second kappa shape index (κ2) is 6.52. The van der Waals surface area contributed by atoms with Gasteiger partial charge in [-0.3, -0.25) is 9.63 Å². The second-order valence-electron chi connectivity index (χ2n) is 4.53. The molecule has 0 aliphatic carbocycles. The first-order valence-corrected chi connectivity index (χ1v) is 7.91. The zero-order valence-electron chi connectivity index (χ0n) is 12.0. The topological polar surface area (TPSA) is 76.2 Å². The van der Waals surface area contributed by atoms with Crippen molar-refractivity contribution in [1.82, 2.24) is 9.37 Å². The van der Waals surface area contributed by atoms with Crippen molar-refractivity contribution in [1.29, 1.82) is 0 Å². The summed E-state index contributed by atoms with van der Waals surface area (Å²) in [5.41, 5.74) is 0.455. The molecule has 1 saturated heterocycles. The molecule has 0 atom stereocenters.